The minimum absolute atomic E-state index is 0.0291. The average molecular weight is 439 g/mol. The molecule has 1 aliphatic rings. The monoisotopic (exact) mass is 438 g/mol. The van der Waals surface area contributed by atoms with Gasteiger partial charge >= 0.3 is 6.03 Å². The van der Waals surface area contributed by atoms with E-state index < -0.39 is 18.2 Å². The minimum Gasteiger partial charge on any atom is -0.530 e. The molecule has 2 aromatic carbocycles. The normalized spacial score (nSPS) is 18.8. The SMILES string of the molecule is CC(C)CN(C[C@H](O)[C@H](Cc1ccccc1)NC(=O)[O-])C(=O)[N+]1(C)C=Nc2ccccc21. The van der Waals surface area contributed by atoms with Gasteiger partial charge in [-0.2, -0.15) is 9.48 Å². The number of urea groups is 1. The molecule has 3 amide bonds. The van der Waals surface area contributed by atoms with Crippen LogP contribution in [0.2, 0.25) is 0 Å². The summed E-state index contributed by atoms with van der Waals surface area (Å²) in [5.74, 6) is 0.147. The summed E-state index contributed by atoms with van der Waals surface area (Å²) >= 11 is 0. The standard InChI is InChI=1S/C24H30N4O4/c1-17(2)14-27(24(32)28(3)16-25-19-11-7-8-12-21(19)28)15-22(29)20(26-23(30)31)13-18-9-5-4-6-10-18/h4-12,16-17,20,22,26,29H,13-15H2,1-3H3/t20-,22-,28?/m0/s1. The molecule has 2 aromatic rings. The number of amides is 3. The summed E-state index contributed by atoms with van der Waals surface area (Å²) in [6, 6.07) is 15.7. The van der Waals surface area contributed by atoms with Crippen molar-refractivity contribution in [3.63, 3.8) is 0 Å². The van der Waals surface area contributed by atoms with Crippen LogP contribution >= 0.6 is 0 Å². The number of carboxylic acid groups (broad SMARTS) is 1. The number of para-hydroxylation sites is 2. The number of quaternary nitrogens is 1. The molecule has 1 aliphatic heterocycles. The lowest BCUT2D eigenvalue weighted by Crippen LogP contribution is -2.59. The van der Waals surface area contributed by atoms with E-state index in [0.717, 1.165) is 16.9 Å². The van der Waals surface area contributed by atoms with Gasteiger partial charge in [0.05, 0.1) is 25.7 Å². The smallest absolute Gasteiger partial charge is 0.430 e. The predicted octanol–water partition coefficient (Wildman–Crippen LogP) is 2.28. The van der Waals surface area contributed by atoms with Crippen molar-refractivity contribution >= 4 is 29.8 Å². The average Bonchev–Trinajstić information content (AvgIpc) is 3.10. The number of nitrogens with one attached hydrogen (secondary N) is 1. The number of rotatable bonds is 8. The number of carbonyl (C=O) groups is 2. The molecule has 8 nitrogen and oxygen atoms in total. The Morgan fingerprint density at radius 1 is 1.09 bits per heavy atom. The number of aliphatic hydroxyl groups is 1. The van der Waals surface area contributed by atoms with E-state index in [1.54, 1.807) is 18.3 Å². The van der Waals surface area contributed by atoms with Crippen LogP contribution in [-0.4, -0.2) is 60.8 Å². The molecule has 0 saturated carbocycles. The van der Waals surface area contributed by atoms with E-state index >= 15 is 0 Å². The van der Waals surface area contributed by atoms with E-state index in [0.29, 0.717) is 6.54 Å². The number of hydrogen-bond acceptors (Lipinski definition) is 5. The van der Waals surface area contributed by atoms with Gasteiger partial charge in [0.25, 0.3) is 0 Å². The zero-order chi connectivity index (χ0) is 23.3. The molecule has 170 valence electrons. The Morgan fingerprint density at radius 3 is 2.41 bits per heavy atom. The van der Waals surface area contributed by atoms with Gasteiger partial charge in [-0.25, -0.2) is 4.79 Å². The lowest BCUT2D eigenvalue weighted by molar-refractivity contribution is -0.252. The highest BCUT2D eigenvalue weighted by atomic mass is 16.4. The fourth-order valence-corrected chi connectivity index (χ4v) is 3.98. The second kappa shape index (κ2) is 9.93. The molecule has 3 rings (SSSR count). The Labute approximate surface area is 188 Å². The van der Waals surface area contributed by atoms with Gasteiger partial charge in [0.2, 0.25) is 6.34 Å². The lowest BCUT2D eigenvalue weighted by Gasteiger charge is -2.34. The van der Waals surface area contributed by atoms with E-state index in [1.807, 2.05) is 68.4 Å². The maximum absolute atomic E-state index is 13.7. The van der Waals surface area contributed by atoms with Gasteiger partial charge in [-0.1, -0.05) is 56.3 Å². The highest BCUT2D eigenvalue weighted by Crippen LogP contribution is 2.37. The number of fused-ring (bicyclic) bond motifs is 1. The topological polar surface area (TPSA) is 105 Å². The predicted molar refractivity (Wildman–Crippen MR) is 123 cm³/mol. The second-order valence-corrected chi connectivity index (χ2v) is 8.69. The first-order valence-corrected chi connectivity index (χ1v) is 10.7. The van der Waals surface area contributed by atoms with Crippen LogP contribution in [0.1, 0.15) is 19.4 Å². The Kier molecular flexibility index (Phi) is 7.27. The van der Waals surface area contributed by atoms with Crippen molar-refractivity contribution in [2.75, 3.05) is 20.1 Å². The molecule has 0 aliphatic carbocycles. The third-order valence-electron chi connectivity index (χ3n) is 5.54. The Balaban J connectivity index is 1.82. The summed E-state index contributed by atoms with van der Waals surface area (Å²) in [5.41, 5.74) is 2.36. The summed E-state index contributed by atoms with van der Waals surface area (Å²) in [6.07, 6.45) is -0.729. The van der Waals surface area contributed by atoms with Crippen molar-refractivity contribution in [3.8, 4) is 0 Å². The first-order valence-electron chi connectivity index (χ1n) is 10.7. The van der Waals surface area contributed by atoms with Crippen LogP contribution in [0.5, 0.6) is 0 Å². The fourth-order valence-electron chi connectivity index (χ4n) is 3.98. The molecule has 0 saturated heterocycles. The van der Waals surface area contributed by atoms with Crippen LogP contribution in [0, 0.1) is 5.92 Å². The molecule has 1 heterocycles. The number of hydrogen-bond donors (Lipinski definition) is 2. The number of carbonyl (C=O) groups excluding carboxylic acids is 2. The number of nitrogens with zero attached hydrogens (tertiary/aromatic N) is 3. The molecule has 0 aromatic heterocycles. The van der Waals surface area contributed by atoms with Crippen molar-refractivity contribution in [2.45, 2.75) is 32.4 Å². The molecule has 32 heavy (non-hydrogen) atoms. The van der Waals surface area contributed by atoms with E-state index in [-0.39, 0.29) is 29.4 Å². The molecule has 8 heteroatoms. The first-order chi connectivity index (χ1) is 15.2. The highest BCUT2D eigenvalue weighted by Gasteiger charge is 2.43. The van der Waals surface area contributed by atoms with Gasteiger partial charge in [-0.05, 0) is 24.0 Å². The van der Waals surface area contributed by atoms with Gasteiger partial charge in [-0.15, -0.1) is 0 Å². The number of aliphatic imine (C=N–C) groups is 1. The third kappa shape index (κ3) is 5.33. The number of benzene rings is 2. The summed E-state index contributed by atoms with van der Waals surface area (Å²) in [7, 11) is 1.76. The van der Waals surface area contributed by atoms with Crippen molar-refractivity contribution < 1.29 is 19.8 Å². The van der Waals surface area contributed by atoms with Gasteiger partial charge in [0.1, 0.15) is 11.8 Å². The minimum atomic E-state index is -1.47. The molecule has 0 bridgehead atoms. The molecule has 0 radical (unpaired) electrons. The molecule has 3 atom stereocenters. The van der Waals surface area contributed by atoms with Crippen molar-refractivity contribution in [3.05, 3.63) is 60.2 Å². The molecular formula is C24H30N4O4. The second-order valence-electron chi connectivity index (χ2n) is 8.69. The maximum Gasteiger partial charge on any atom is 0.430 e. The molecule has 0 spiro atoms. The van der Waals surface area contributed by atoms with Crippen molar-refractivity contribution in [1.82, 2.24) is 14.7 Å². The molecule has 1 unspecified atom stereocenters. The van der Waals surface area contributed by atoms with Crippen molar-refractivity contribution in [1.29, 1.82) is 0 Å². The zero-order valence-electron chi connectivity index (χ0n) is 18.6. The zero-order valence-corrected chi connectivity index (χ0v) is 18.6. The molecule has 2 N–H and O–H groups in total. The van der Waals surface area contributed by atoms with Crippen LogP contribution in [0.15, 0.2) is 59.6 Å². The van der Waals surface area contributed by atoms with Crippen molar-refractivity contribution in [2.24, 2.45) is 10.9 Å². The Hall–Kier alpha value is -3.23. The van der Waals surface area contributed by atoms with Gasteiger partial charge < -0.3 is 20.3 Å². The van der Waals surface area contributed by atoms with Crippen LogP contribution < -0.4 is 14.9 Å². The number of aliphatic hydroxyl groups excluding tert-OH is 1. The van der Waals surface area contributed by atoms with Gasteiger partial charge in [-0.3, -0.25) is 4.90 Å². The largest absolute Gasteiger partial charge is 0.530 e. The fraction of sp³-hybridized carbons (Fsp3) is 0.375. The van der Waals surface area contributed by atoms with E-state index in [4.69, 9.17) is 0 Å². The summed E-state index contributed by atoms with van der Waals surface area (Å²) in [5, 5.41) is 24.6. The quantitative estimate of drug-likeness (QED) is 0.617. The van der Waals surface area contributed by atoms with Crippen LogP contribution in [0.4, 0.5) is 21.0 Å². The molecular weight excluding hydrogens is 408 g/mol. The summed E-state index contributed by atoms with van der Waals surface area (Å²) in [6.45, 7) is 4.35. The van der Waals surface area contributed by atoms with E-state index in [2.05, 4.69) is 10.3 Å². The van der Waals surface area contributed by atoms with Gasteiger partial charge in [0.15, 0.2) is 5.69 Å². The van der Waals surface area contributed by atoms with Crippen LogP contribution in [-0.2, 0) is 6.42 Å². The summed E-state index contributed by atoms with van der Waals surface area (Å²) < 4.78 is -0.146. The van der Waals surface area contributed by atoms with Crippen LogP contribution in [0.3, 0.4) is 0 Å². The highest BCUT2D eigenvalue weighted by molar-refractivity contribution is 6.07. The maximum atomic E-state index is 13.7. The summed E-state index contributed by atoms with van der Waals surface area (Å²) in [4.78, 5) is 30.9. The van der Waals surface area contributed by atoms with Crippen LogP contribution in [0.25, 0.3) is 0 Å². The lowest BCUT2D eigenvalue weighted by atomic mass is 10.0. The van der Waals surface area contributed by atoms with Gasteiger partial charge in [0, 0.05) is 12.6 Å². The Morgan fingerprint density at radius 2 is 1.75 bits per heavy atom. The molecule has 0 fully saturated rings. The van der Waals surface area contributed by atoms with E-state index in [9.17, 15) is 19.8 Å². The van der Waals surface area contributed by atoms with E-state index in [1.165, 1.54) is 0 Å². The first kappa shape index (κ1) is 23.4. The third-order valence-corrected chi connectivity index (χ3v) is 5.54. The Bertz CT molecular complexity index is 979.